The number of ether oxygens (including phenoxy) is 12. The van der Waals surface area contributed by atoms with Gasteiger partial charge >= 0.3 is 35.8 Å². The lowest BCUT2D eigenvalue weighted by atomic mass is 10.0. The summed E-state index contributed by atoms with van der Waals surface area (Å²) in [7, 11) is 6.37. The molecule has 0 bridgehead atoms. The Morgan fingerprint density at radius 2 is 0.759 bits per heavy atom. The van der Waals surface area contributed by atoms with E-state index in [0.29, 0.717) is 59.8 Å². The third kappa shape index (κ3) is 28.3. The molecule has 0 spiro atoms. The van der Waals surface area contributed by atoms with Crippen LogP contribution in [0.4, 0.5) is 0 Å². The van der Waals surface area contributed by atoms with Crippen molar-refractivity contribution in [1.82, 2.24) is 0 Å². The molecule has 0 aliphatic heterocycles. The number of hydrogen-bond acceptors (Lipinski definition) is 19. The van der Waals surface area contributed by atoms with Crippen molar-refractivity contribution in [2.24, 2.45) is 0 Å². The highest BCUT2D eigenvalue weighted by atomic mass is 79.9. The topological polar surface area (TPSA) is 213 Å². The van der Waals surface area contributed by atoms with E-state index >= 15 is 0 Å². The summed E-state index contributed by atoms with van der Waals surface area (Å²) in [4.78, 5) is 68.2. The summed E-state index contributed by atoms with van der Waals surface area (Å²) in [6.45, 7) is 16.8. The predicted molar refractivity (Wildman–Crippen MR) is 317 cm³/mol. The Morgan fingerprint density at radius 3 is 1.06 bits per heavy atom. The van der Waals surface area contributed by atoms with Gasteiger partial charge in [0.15, 0.2) is 0 Å². The lowest BCUT2D eigenvalue weighted by molar-refractivity contribution is -0.143. The van der Waals surface area contributed by atoms with Gasteiger partial charge in [0.1, 0.15) is 62.6 Å². The van der Waals surface area contributed by atoms with E-state index in [9.17, 15) is 28.8 Å². The molecule has 83 heavy (non-hydrogen) atoms. The Labute approximate surface area is 505 Å². The minimum atomic E-state index is -0.399. The van der Waals surface area contributed by atoms with Crippen LogP contribution < -0.4 is 18.9 Å². The summed E-state index contributed by atoms with van der Waals surface area (Å²) >= 11 is 11.0. The molecule has 18 nitrogen and oxygen atoms in total. The minimum Gasteiger partial charge on any atom is -0.496 e. The first-order chi connectivity index (χ1) is 39.6. The lowest BCUT2D eigenvalue weighted by Crippen LogP contribution is -2.08. The summed E-state index contributed by atoms with van der Waals surface area (Å²) in [5.41, 5.74) is 7.48. The first-order valence-corrected chi connectivity index (χ1v) is 28.4. The number of esters is 6. The molecule has 0 radical (unpaired) electrons. The van der Waals surface area contributed by atoms with Crippen LogP contribution in [-0.2, 0) is 126 Å². The van der Waals surface area contributed by atoms with Gasteiger partial charge in [-0.25, -0.2) is 0 Å². The third-order valence-electron chi connectivity index (χ3n) is 10.9. The van der Waals surface area contributed by atoms with Crippen molar-refractivity contribution in [2.45, 2.75) is 144 Å². The van der Waals surface area contributed by atoms with Gasteiger partial charge in [0, 0.05) is 120 Å². The molecule has 0 atom stereocenters. The molecule has 0 unspecified atom stereocenters. The quantitative estimate of drug-likeness (QED) is 0.0353. The van der Waals surface area contributed by atoms with Crippen LogP contribution in [0, 0.1) is 0 Å². The number of unbranched alkanes of at least 4 members (excludes halogenated alkanes) is 1. The van der Waals surface area contributed by atoms with E-state index in [2.05, 4.69) is 22.9 Å². The molecule has 0 amide bonds. The number of halogens is 2. The molecular formula is C62H78BrClO18S. The summed E-state index contributed by atoms with van der Waals surface area (Å²) in [6, 6.07) is 25.0. The molecule has 21 heteroatoms. The van der Waals surface area contributed by atoms with Crippen LogP contribution in [-0.4, -0.2) is 77.5 Å². The van der Waals surface area contributed by atoms with Crippen LogP contribution in [0.1, 0.15) is 125 Å². The summed E-state index contributed by atoms with van der Waals surface area (Å²) in [5.74, 6) is 0.332. The molecule has 0 heterocycles. The van der Waals surface area contributed by atoms with Gasteiger partial charge in [-0.05, 0) is 92.9 Å². The summed E-state index contributed by atoms with van der Waals surface area (Å²) in [6.07, 6.45) is 3.07. The van der Waals surface area contributed by atoms with E-state index in [4.69, 9.17) is 68.4 Å². The number of aryl methyl sites for hydroxylation is 1. The van der Waals surface area contributed by atoms with Crippen molar-refractivity contribution < 1.29 is 85.6 Å². The molecule has 454 valence electrons. The van der Waals surface area contributed by atoms with Crippen LogP contribution >= 0.6 is 39.3 Å². The lowest BCUT2D eigenvalue weighted by Gasteiger charge is -2.17. The third-order valence-corrected chi connectivity index (χ3v) is 12.6. The smallest absolute Gasteiger partial charge is 0.302 e. The number of carbonyl (C=O) groups excluding carboxylic acids is 6. The Balaban J connectivity index is 0.000000383. The predicted octanol–water partition coefficient (Wildman–Crippen LogP) is 13.1. The number of methoxy groups -OCH3 is 4. The second kappa shape index (κ2) is 40.4. The average molecular weight is 1260 g/mol. The molecule has 0 aliphatic carbocycles. The fourth-order valence-electron chi connectivity index (χ4n) is 7.61. The zero-order valence-corrected chi connectivity index (χ0v) is 52.9. The molecule has 0 aliphatic rings. The Hall–Kier alpha value is -6.84. The van der Waals surface area contributed by atoms with Gasteiger partial charge in [0.2, 0.25) is 0 Å². The van der Waals surface area contributed by atoms with Crippen LogP contribution in [0.3, 0.4) is 0 Å². The van der Waals surface area contributed by atoms with Gasteiger partial charge in [-0.1, -0.05) is 70.8 Å². The maximum absolute atomic E-state index is 11.2. The molecule has 5 aromatic rings. The summed E-state index contributed by atoms with van der Waals surface area (Å²) in [5, 5.41) is 0.449. The van der Waals surface area contributed by atoms with Gasteiger partial charge in [-0.3, -0.25) is 28.8 Å². The molecule has 0 fully saturated rings. The van der Waals surface area contributed by atoms with E-state index < -0.39 is 11.9 Å². The van der Waals surface area contributed by atoms with E-state index in [0.717, 1.165) is 78.2 Å². The van der Waals surface area contributed by atoms with Gasteiger partial charge in [-0.2, -0.15) is 0 Å². The Kier molecular flexibility index (Phi) is 35.2. The van der Waals surface area contributed by atoms with Gasteiger partial charge in [0.25, 0.3) is 0 Å². The number of carbonyl (C=O) groups is 6. The Bertz CT molecular complexity index is 2720. The molecule has 5 aromatic carbocycles. The van der Waals surface area contributed by atoms with Crippen molar-refractivity contribution in [3.63, 3.8) is 0 Å². The highest BCUT2D eigenvalue weighted by Gasteiger charge is 2.18. The average Bonchev–Trinajstić information content (AvgIpc) is 3.57. The van der Waals surface area contributed by atoms with Crippen molar-refractivity contribution in [2.75, 3.05) is 41.7 Å². The monoisotopic (exact) mass is 1260 g/mol. The zero-order valence-electron chi connectivity index (χ0n) is 49.7. The normalized spacial score (nSPS) is 10.2. The van der Waals surface area contributed by atoms with Crippen LogP contribution in [0.2, 0.25) is 5.02 Å². The van der Waals surface area contributed by atoms with Crippen molar-refractivity contribution in [3.05, 3.63) is 138 Å². The first-order valence-electron chi connectivity index (χ1n) is 26.4. The molecule has 0 aromatic heterocycles. The number of hydrogen-bond donors (Lipinski definition) is 0. The van der Waals surface area contributed by atoms with Crippen LogP contribution in [0.5, 0.6) is 23.0 Å². The van der Waals surface area contributed by atoms with Crippen molar-refractivity contribution in [3.8, 4) is 23.0 Å². The van der Waals surface area contributed by atoms with Crippen LogP contribution in [0.25, 0.3) is 0 Å². The van der Waals surface area contributed by atoms with Crippen molar-refractivity contribution in [1.29, 1.82) is 0 Å². The molecular weight excluding hydrogens is 1180 g/mol. The number of benzene rings is 5. The highest BCUT2D eigenvalue weighted by molar-refractivity contribution is 9.10. The minimum absolute atomic E-state index is 0.0478. The second-order valence-corrected chi connectivity index (χ2v) is 20.3. The highest BCUT2D eigenvalue weighted by Crippen LogP contribution is 2.36. The molecule has 0 N–H and O–H groups in total. The van der Waals surface area contributed by atoms with E-state index in [1.807, 2.05) is 80.6 Å². The van der Waals surface area contributed by atoms with Gasteiger partial charge < -0.3 is 56.8 Å². The van der Waals surface area contributed by atoms with E-state index in [1.165, 1.54) is 55.8 Å². The molecule has 0 saturated heterocycles. The first kappa shape index (κ1) is 72.3. The fourth-order valence-corrected chi connectivity index (χ4v) is 9.39. The summed E-state index contributed by atoms with van der Waals surface area (Å²) < 4.78 is 63.7. The Morgan fingerprint density at radius 1 is 0.434 bits per heavy atom. The number of rotatable bonds is 27. The largest absolute Gasteiger partial charge is 0.496 e. The second-order valence-electron chi connectivity index (χ2n) is 17.8. The van der Waals surface area contributed by atoms with E-state index in [-0.39, 0.29) is 63.5 Å². The maximum Gasteiger partial charge on any atom is 0.302 e. The van der Waals surface area contributed by atoms with Gasteiger partial charge in [0.05, 0.1) is 40.6 Å². The molecule has 0 saturated carbocycles. The fraction of sp³-hybridized carbons (Fsp3) is 0.419. The zero-order chi connectivity index (χ0) is 61.9. The maximum atomic E-state index is 11.2. The van der Waals surface area contributed by atoms with Gasteiger partial charge in [-0.15, -0.1) is 0 Å². The SMILES string of the molecule is CCCCc1cc(COC(C)=O)c(OCC)c(COC(C)=O)c1.CCOc1c(COC)cc(Br)cc1COC.COc1c(COC(C)=O)cc(Cl)cc1COC(C)=O.COc1c(COC(C)=O)cc(Sc2ccccc2)cc1COC(C)=O. The standard InChI is InChI=1S/C19H20O5S.C18H26O5.C13H15ClO5.C12H17BrO3/c1-13(20)23-11-15-9-18(25-17-7-5-4-6-8-17)10-16(19(15)22-3)12-24-14(2)21;1-5-7-8-15-9-16(11-22-13(3)19)18(21-6-2)17(10-15)12-23-14(4)20;1-8(15)18-6-10-4-12(14)5-11(13(10)17-3)7-19-9(2)16;1-4-16-12-9(7-14-2)5-11(13)6-10(12)8-15-3/h4-10H,11-12H2,1-3H3;9-10H,5-8,11-12H2,1-4H3;4-5H,6-7H2,1-3H3;5-6H,4,7-8H2,1-3H3. The van der Waals surface area contributed by atoms with E-state index in [1.54, 1.807) is 38.1 Å². The van der Waals surface area contributed by atoms with Crippen LogP contribution in [0.15, 0.2) is 93.1 Å². The molecule has 5 rings (SSSR count). The van der Waals surface area contributed by atoms with Crippen molar-refractivity contribution >= 4 is 75.1 Å².